The molecule has 0 saturated heterocycles. The van der Waals surface area contributed by atoms with E-state index in [9.17, 15) is 0 Å². The molecule has 3 nitrogen and oxygen atoms in total. The smallest absolute Gasteiger partial charge is 0.104 e. The lowest BCUT2D eigenvalue weighted by Crippen LogP contribution is -2.01. The fraction of sp³-hybridized carbons (Fsp3) is 0.286. The summed E-state index contributed by atoms with van der Waals surface area (Å²) in [6.45, 7) is -0.258. The third kappa shape index (κ3) is 2.84. The van der Waals surface area contributed by atoms with Crippen molar-refractivity contribution in [2.45, 2.75) is 6.10 Å². The van der Waals surface area contributed by atoms with E-state index < -0.39 is 6.10 Å². The number of aliphatic hydroxyl groups is 2. The molecule has 0 spiro atoms. The highest BCUT2D eigenvalue weighted by Crippen LogP contribution is 2.08. The molecule has 0 amide bonds. The molecule has 1 aromatic rings. The van der Waals surface area contributed by atoms with Crippen LogP contribution in [0.4, 0.5) is 0 Å². The van der Waals surface area contributed by atoms with Crippen LogP contribution in [0.3, 0.4) is 0 Å². The zero-order chi connectivity index (χ0) is 7.40. The van der Waals surface area contributed by atoms with Gasteiger partial charge in [-0.05, 0) is 6.07 Å². The van der Waals surface area contributed by atoms with E-state index >= 15 is 0 Å². The minimum Gasteiger partial charge on any atom is -0.393 e. The third-order valence-electron chi connectivity index (χ3n) is 1.24. The average Bonchev–Trinajstić information content (AvgIpc) is 2.05. The van der Waals surface area contributed by atoms with Gasteiger partial charge in [-0.15, -0.1) is 12.4 Å². The van der Waals surface area contributed by atoms with Gasteiger partial charge < -0.3 is 10.2 Å². The van der Waals surface area contributed by atoms with Crippen LogP contribution in [0.5, 0.6) is 0 Å². The molecule has 0 aromatic carbocycles. The van der Waals surface area contributed by atoms with Crippen LogP contribution in [0.15, 0.2) is 24.5 Å². The highest BCUT2D eigenvalue weighted by atomic mass is 35.5. The zero-order valence-electron chi connectivity index (χ0n) is 5.84. The van der Waals surface area contributed by atoms with Crippen LogP contribution in [-0.2, 0) is 0 Å². The Kier molecular flexibility index (Phi) is 4.77. The Hall–Kier alpha value is -0.640. The van der Waals surface area contributed by atoms with Crippen LogP contribution in [0.2, 0.25) is 0 Å². The maximum atomic E-state index is 9.04. The van der Waals surface area contributed by atoms with Crippen molar-refractivity contribution in [3.8, 4) is 0 Å². The summed E-state index contributed by atoms with van der Waals surface area (Å²) in [5.74, 6) is 0. The molecule has 11 heavy (non-hydrogen) atoms. The van der Waals surface area contributed by atoms with E-state index in [-0.39, 0.29) is 19.0 Å². The number of nitrogens with zero attached hydrogens (tertiary/aromatic N) is 1. The maximum Gasteiger partial charge on any atom is 0.104 e. The molecule has 0 fully saturated rings. The molecule has 0 aliphatic rings. The molecular weight excluding hydrogens is 166 g/mol. The lowest BCUT2D eigenvalue weighted by molar-refractivity contribution is 0.0953. The van der Waals surface area contributed by atoms with E-state index in [1.165, 1.54) is 6.20 Å². The van der Waals surface area contributed by atoms with Crippen molar-refractivity contribution in [3.05, 3.63) is 30.1 Å². The summed E-state index contributed by atoms with van der Waals surface area (Å²) in [6, 6.07) is 3.43. The molecule has 1 aromatic heterocycles. The highest BCUT2D eigenvalue weighted by Gasteiger charge is 2.02. The van der Waals surface area contributed by atoms with Crippen molar-refractivity contribution in [1.82, 2.24) is 4.98 Å². The number of hydrogen-bond donors (Lipinski definition) is 2. The SMILES string of the molecule is Cl.OCC(O)c1cccnc1. The summed E-state index contributed by atoms with van der Waals surface area (Å²) in [4.78, 5) is 3.78. The number of aliphatic hydroxyl groups excluding tert-OH is 2. The Morgan fingerprint density at radius 1 is 1.55 bits per heavy atom. The summed E-state index contributed by atoms with van der Waals surface area (Å²) < 4.78 is 0. The summed E-state index contributed by atoms with van der Waals surface area (Å²) in [5.41, 5.74) is 0.644. The first kappa shape index (κ1) is 10.4. The van der Waals surface area contributed by atoms with Gasteiger partial charge in [0.2, 0.25) is 0 Å². The van der Waals surface area contributed by atoms with Crippen LogP contribution >= 0.6 is 12.4 Å². The lowest BCUT2D eigenvalue weighted by Gasteiger charge is -2.04. The molecule has 4 heteroatoms. The van der Waals surface area contributed by atoms with Crippen molar-refractivity contribution in [2.75, 3.05) is 6.61 Å². The van der Waals surface area contributed by atoms with E-state index in [0.717, 1.165) is 0 Å². The summed E-state index contributed by atoms with van der Waals surface area (Å²) in [6.07, 6.45) is 2.35. The maximum absolute atomic E-state index is 9.04. The molecule has 2 N–H and O–H groups in total. The summed E-state index contributed by atoms with van der Waals surface area (Å²) in [7, 11) is 0. The van der Waals surface area contributed by atoms with Crippen molar-refractivity contribution in [1.29, 1.82) is 0 Å². The van der Waals surface area contributed by atoms with E-state index in [4.69, 9.17) is 10.2 Å². The Morgan fingerprint density at radius 2 is 2.27 bits per heavy atom. The Balaban J connectivity index is 0.000001000. The van der Waals surface area contributed by atoms with E-state index in [1.807, 2.05) is 0 Å². The number of aromatic nitrogens is 1. The standard InChI is InChI=1S/C7H9NO2.ClH/c9-5-7(10)6-2-1-3-8-4-6;/h1-4,7,9-10H,5H2;1H. The zero-order valence-corrected chi connectivity index (χ0v) is 6.66. The van der Waals surface area contributed by atoms with Gasteiger partial charge in [-0.1, -0.05) is 6.07 Å². The first-order valence-electron chi connectivity index (χ1n) is 3.03. The Bertz CT molecular complexity index is 193. The molecule has 0 saturated carbocycles. The van der Waals surface area contributed by atoms with Crippen LogP contribution in [-0.4, -0.2) is 21.8 Å². The van der Waals surface area contributed by atoms with Crippen molar-refractivity contribution in [2.24, 2.45) is 0 Å². The first-order chi connectivity index (χ1) is 4.84. The third-order valence-corrected chi connectivity index (χ3v) is 1.24. The topological polar surface area (TPSA) is 53.4 Å². The monoisotopic (exact) mass is 175 g/mol. The molecule has 0 bridgehead atoms. The second-order valence-electron chi connectivity index (χ2n) is 1.98. The van der Waals surface area contributed by atoms with Gasteiger partial charge in [0.1, 0.15) is 6.10 Å². The molecule has 1 heterocycles. The average molecular weight is 176 g/mol. The molecule has 0 radical (unpaired) electrons. The minimum absolute atomic E-state index is 0. The van der Waals surface area contributed by atoms with E-state index in [2.05, 4.69) is 4.98 Å². The number of rotatable bonds is 2. The van der Waals surface area contributed by atoms with Crippen molar-refractivity contribution >= 4 is 12.4 Å². The normalized spacial score (nSPS) is 11.8. The summed E-state index contributed by atoms with van der Waals surface area (Å²) >= 11 is 0. The van der Waals surface area contributed by atoms with Gasteiger partial charge in [0.15, 0.2) is 0 Å². The van der Waals surface area contributed by atoms with E-state index in [0.29, 0.717) is 5.56 Å². The fourth-order valence-electron chi connectivity index (χ4n) is 0.678. The lowest BCUT2D eigenvalue weighted by atomic mass is 10.2. The predicted molar refractivity (Wildman–Crippen MR) is 43.5 cm³/mol. The van der Waals surface area contributed by atoms with Crippen LogP contribution in [0.1, 0.15) is 11.7 Å². The molecule has 0 aliphatic heterocycles. The quantitative estimate of drug-likeness (QED) is 0.690. The fourth-order valence-corrected chi connectivity index (χ4v) is 0.678. The minimum atomic E-state index is -0.798. The van der Waals surface area contributed by atoms with Crippen LogP contribution in [0, 0.1) is 0 Å². The molecule has 1 unspecified atom stereocenters. The molecule has 62 valence electrons. The first-order valence-corrected chi connectivity index (χ1v) is 3.03. The Labute approximate surface area is 71.1 Å². The predicted octanol–water partition coefficient (Wildman–Crippen LogP) is 0.529. The largest absolute Gasteiger partial charge is 0.393 e. The molecule has 1 atom stereocenters. The van der Waals surface area contributed by atoms with Gasteiger partial charge in [-0.3, -0.25) is 4.98 Å². The second-order valence-corrected chi connectivity index (χ2v) is 1.98. The van der Waals surface area contributed by atoms with Crippen molar-refractivity contribution < 1.29 is 10.2 Å². The second kappa shape index (κ2) is 5.07. The number of halogens is 1. The van der Waals surface area contributed by atoms with Gasteiger partial charge in [0.05, 0.1) is 6.61 Å². The van der Waals surface area contributed by atoms with E-state index in [1.54, 1.807) is 18.3 Å². The van der Waals surface area contributed by atoms with Crippen LogP contribution in [0.25, 0.3) is 0 Å². The van der Waals surface area contributed by atoms with Gasteiger partial charge in [0, 0.05) is 18.0 Å². The van der Waals surface area contributed by atoms with Crippen LogP contribution < -0.4 is 0 Å². The molecule has 1 rings (SSSR count). The van der Waals surface area contributed by atoms with Gasteiger partial charge in [-0.2, -0.15) is 0 Å². The molecule has 0 aliphatic carbocycles. The number of pyridine rings is 1. The Morgan fingerprint density at radius 3 is 2.73 bits per heavy atom. The number of hydrogen-bond acceptors (Lipinski definition) is 3. The van der Waals surface area contributed by atoms with Gasteiger partial charge in [0.25, 0.3) is 0 Å². The van der Waals surface area contributed by atoms with Gasteiger partial charge in [-0.25, -0.2) is 0 Å². The summed E-state index contributed by atoms with van der Waals surface area (Å²) in [5, 5.41) is 17.5. The molecular formula is C7H10ClNO2. The van der Waals surface area contributed by atoms with Crippen molar-refractivity contribution in [3.63, 3.8) is 0 Å². The van der Waals surface area contributed by atoms with Gasteiger partial charge >= 0.3 is 0 Å². The highest BCUT2D eigenvalue weighted by molar-refractivity contribution is 5.85.